The second-order valence-corrected chi connectivity index (χ2v) is 4.52. The van der Waals surface area contributed by atoms with Gasteiger partial charge in [0.2, 0.25) is 0 Å². The normalized spacial score (nSPS) is 38.5. The molecule has 2 aliphatic rings. The number of hydrogen-bond donors (Lipinski definition) is 1. The molecule has 0 amide bonds. The van der Waals surface area contributed by atoms with E-state index < -0.39 is 0 Å². The van der Waals surface area contributed by atoms with Gasteiger partial charge in [0.05, 0.1) is 6.10 Å². The highest BCUT2D eigenvalue weighted by Crippen LogP contribution is 2.32. The quantitative estimate of drug-likeness (QED) is 0.685. The number of nitrogens with two attached hydrogens (primary N) is 1. The SMILES string of the molecule is NCC1CCCOC1C1CC=CCC1. The molecule has 3 unspecified atom stereocenters. The minimum atomic E-state index is 0.443. The summed E-state index contributed by atoms with van der Waals surface area (Å²) >= 11 is 0. The lowest BCUT2D eigenvalue weighted by Gasteiger charge is -2.37. The van der Waals surface area contributed by atoms with E-state index in [1.165, 1.54) is 32.1 Å². The average Bonchev–Trinajstić information content (AvgIpc) is 2.30. The third-order valence-electron chi connectivity index (χ3n) is 3.57. The highest BCUT2D eigenvalue weighted by molar-refractivity contribution is 4.94. The second kappa shape index (κ2) is 4.94. The fourth-order valence-electron chi connectivity index (χ4n) is 2.75. The fraction of sp³-hybridized carbons (Fsp3) is 0.833. The van der Waals surface area contributed by atoms with Crippen molar-refractivity contribution in [3.05, 3.63) is 12.2 Å². The van der Waals surface area contributed by atoms with Crippen LogP contribution in [0.2, 0.25) is 0 Å². The summed E-state index contributed by atoms with van der Waals surface area (Å²) in [6.45, 7) is 1.74. The Labute approximate surface area is 86.5 Å². The minimum absolute atomic E-state index is 0.443. The predicted molar refractivity (Wildman–Crippen MR) is 58.0 cm³/mol. The molecule has 0 saturated carbocycles. The van der Waals surface area contributed by atoms with Crippen LogP contribution in [0.5, 0.6) is 0 Å². The average molecular weight is 195 g/mol. The van der Waals surface area contributed by atoms with E-state index in [2.05, 4.69) is 12.2 Å². The highest BCUT2D eigenvalue weighted by Gasteiger charge is 2.31. The van der Waals surface area contributed by atoms with Gasteiger partial charge in [-0.15, -0.1) is 0 Å². The Balaban J connectivity index is 1.95. The molecule has 2 heteroatoms. The van der Waals surface area contributed by atoms with Crippen molar-refractivity contribution < 1.29 is 4.74 Å². The Hall–Kier alpha value is -0.340. The van der Waals surface area contributed by atoms with Crippen LogP contribution in [0, 0.1) is 11.8 Å². The van der Waals surface area contributed by atoms with Gasteiger partial charge in [0, 0.05) is 6.61 Å². The largest absolute Gasteiger partial charge is 0.378 e. The molecule has 0 spiro atoms. The number of allylic oxidation sites excluding steroid dienone is 2. The fourth-order valence-corrected chi connectivity index (χ4v) is 2.75. The van der Waals surface area contributed by atoms with Crippen LogP contribution >= 0.6 is 0 Å². The molecule has 0 bridgehead atoms. The maximum Gasteiger partial charge on any atom is 0.0646 e. The lowest BCUT2D eigenvalue weighted by molar-refractivity contribution is -0.0596. The monoisotopic (exact) mass is 195 g/mol. The summed E-state index contributed by atoms with van der Waals surface area (Å²) in [6, 6.07) is 0. The van der Waals surface area contributed by atoms with Crippen LogP contribution in [0.15, 0.2) is 12.2 Å². The molecule has 0 radical (unpaired) electrons. The smallest absolute Gasteiger partial charge is 0.0646 e. The Morgan fingerprint density at radius 3 is 2.93 bits per heavy atom. The minimum Gasteiger partial charge on any atom is -0.378 e. The van der Waals surface area contributed by atoms with E-state index in [1.54, 1.807) is 0 Å². The van der Waals surface area contributed by atoms with Crippen molar-refractivity contribution in [2.75, 3.05) is 13.2 Å². The van der Waals surface area contributed by atoms with Crippen molar-refractivity contribution in [2.45, 2.75) is 38.2 Å². The molecule has 0 aromatic heterocycles. The van der Waals surface area contributed by atoms with Gasteiger partial charge in [-0.3, -0.25) is 0 Å². The van der Waals surface area contributed by atoms with E-state index in [1.807, 2.05) is 0 Å². The molecular formula is C12H21NO. The van der Waals surface area contributed by atoms with Crippen LogP contribution < -0.4 is 5.73 Å². The van der Waals surface area contributed by atoms with Gasteiger partial charge in [0.1, 0.15) is 0 Å². The molecule has 1 aliphatic heterocycles. The molecule has 0 aromatic carbocycles. The Kier molecular flexibility index (Phi) is 3.60. The first kappa shape index (κ1) is 10.2. The predicted octanol–water partition coefficient (Wildman–Crippen LogP) is 2.10. The highest BCUT2D eigenvalue weighted by atomic mass is 16.5. The molecule has 3 atom stereocenters. The summed E-state index contributed by atoms with van der Waals surface area (Å²) in [5, 5.41) is 0. The van der Waals surface area contributed by atoms with E-state index in [-0.39, 0.29) is 0 Å². The Morgan fingerprint density at radius 1 is 1.29 bits per heavy atom. The van der Waals surface area contributed by atoms with Crippen LogP contribution in [0.25, 0.3) is 0 Å². The standard InChI is InChI=1S/C12H21NO/c13-9-11-7-4-8-14-12(11)10-5-2-1-3-6-10/h1-2,10-12H,3-9,13H2. The van der Waals surface area contributed by atoms with Crippen molar-refractivity contribution in [2.24, 2.45) is 17.6 Å². The summed E-state index contributed by atoms with van der Waals surface area (Å²) < 4.78 is 5.91. The van der Waals surface area contributed by atoms with Gasteiger partial charge in [-0.25, -0.2) is 0 Å². The lowest BCUT2D eigenvalue weighted by Crippen LogP contribution is -2.40. The molecule has 0 aromatic rings. The molecule has 80 valence electrons. The molecule has 1 heterocycles. The van der Waals surface area contributed by atoms with E-state index in [0.717, 1.165) is 19.1 Å². The number of rotatable bonds is 2. The molecule has 1 aliphatic carbocycles. The maximum absolute atomic E-state index is 5.91. The van der Waals surface area contributed by atoms with Crippen LogP contribution in [-0.4, -0.2) is 19.3 Å². The van der Waals surface area contributed by atoms with Crippen LogP contribution in [0.3, 0.4) is 0 Å². The van der Waals surface area contributed by atoms with Crippen LogP contribution in [-0.2, 0) is 4.74 Å². The van der Waals surface area contributed by atoms with Gasteiger partial charge in [0.15, 0.2) is 0 Å². The summed E-state index contributed by atoms with van der Waals surface area (Å²) in [5.74, 6) is 1.34. The summed E-state index contributed by atoms with van der Waals surface area (Å²) in [6.07, 6.45) is 11.2. The summed E-state index contributed by atoms with van der Waals surface area (Å²) in [5.41, 5.74) is 5.80. The van der Waals surface area contributed by atoms with E-state index in [4.69, 9.17) is 10.5 Å². The zero-order valence-corrected chi connectivity index (χ0v) is 8.82. The third kappa shape index (κ3) is 2.18. The maximum atomic E-state index is 5.91. The van der Waals surface area contributed by atoms with Gasteiger partial charge in [-0.2, -0.15) is 0 Å². The van der Waals surface area contributed by atoms with Gasteiger partial charge in [0.25, 0.3) is 0 Å². The second-order valence-electron chi connectivity index (χ2n) is 4.52. The molecule has 2 nitrogen and oxygen atoms in total. The molecule has 1 saturated heterocycles. The summed E-state index contributed by atoms with van der Waals surface area (Å²) in [7, 11) is 0. The molecular weight excluding hydrogens is 174 g/mol. The first-order chi connectivity index (χ1) is 6.92. The number of hydrogen-bond acceptors (Lipinski definition) is 2. The Bertz CT molecular complexity index is 202. The topological polar surface area (TPSA) is 35.2 Å². The third-order valence-corrected chi connectivity index (χ3v) is 3.57. The first-order valence-electron chi connectivity index (χ1n) is 5.88. The molecule has 2 rings (SSSR count). The van der Waals surface area contributed by atoms with Gasteiger partial charge >= 0.3 is 0 Å². The Morgan fingerprint density at radius 2 is 2.21 bits per heavy atom. The molecule has 1 fully saturated rings. The molecule has 14 heavy (non-hydrogen) atoms. The van der Waals surface area contributed by atoms with E-state index >= 15 is 0 Å². The van der Waals surface area contributed by atoms with Gasteiger partial charge in [-0.05, 0) is 50.5 Å². The van der Waals surface area contributed by atoms with Crippen molar-refractivity contribution in [3.63, 3.8) is 0 Å². The van der Waals surface area contributed by atoms with Crippen LogP contribution in [0.1, 0.15) is 32.1 Å². The zero-order chi connectivity index (χ0) is 9.80. The zero-order valence-electron chi connectivity index (χ0n) is 8.82. The van der Waals surface area contributed by atoms with Crippen molar-refractivity contribution in [3.8, 4) is 0 Å². The molecule has 2 N–H and O–H groups in total. The van der Waals surface area contributed by atoms with E-state index in [0.29, 0.717) is 12.0 Å². The number of ether oxygens (including phenoxy) is 1. The van der Waals surface area contributed by atoms with Crippen molar-refractivity contribution >= 4 is 0 Å². The summed E-state index contributed by atoms with van der Waals surface area (Å²) in [4.78, 5) is 0. The lowest BCUT2D eigenvalue weighted by atomic mass is 9.80. The van der Waals surface area contributed by atoms with Crippen molar-refractivity contribution in [1.29, 1.82) is 0 Å². The van der Waals surface area contributed by atoms with Gasteiger partial charge < -0.3 is 10.5 Å². The van der Waals surface area contributed by atoms with Crippen molar-refractivity contribution in [1.82, 2.24) is 0 Å². The van der Waals surface area contributed by atoms with Gasteiger partial charge in [-0.1, -0.05) is 12.2 Å². The van der Waals surface area contributed by atoms with E-state index in [9.17, 15) is 0 Å². The first-order valence-corrected chi connectivity index (χ1v) is 5.88. The van der Waals surface area contributed by atoms with Crippen LogP contribution in [0.4, 0.5) is 0 Å².